The number of allylic oxidation sites excluding steroid dienone is 3. The molecule has 0 spiro atoms. The van der Waals surface area contributed by atoms with Gasteiger partial charge in [-0.25, -0.2) is 0 Å². The molecule has 2 fully saturated rings. The molecular weight excluding hydrogens is 268 g/mol. The maximum atomic E-state index is 5.66. The van der Waals surface area contributed by atoms with Crippen molar-refractivity contribution in [3.8, 4) is 0 Å². The lowest BCUT2D eigenvalue weighted by atomic mass is 9.69. The first-order chi connectivity index (χ1) is 10.8. The Morgan fingerprint density at radius 2 is 1.36 bits per heavy atom. The van der Waals surface area contributed by atoms with Gasteiger partial charge in [0.05, 0.1) is 12.9 Å². The zero-order valence-electron chi connectivity index (χ0n) is 14.8. The number of rotatable bonds is 7. The first-order valence-electron chi connectivity index (χ1n) is 9.76. The Morgan fingerprint density at radius 3 is 1.95 bits per heavy atom. The molecule has 0 aromatic carbocycles. The highest BCUT2D eigenvalue weighted by Crippen LogP contribution is 2.41. The second-order valence-corrected chi connectivity index (χ2v) is 7.41. The van der Waals surface area contributed by atoms with Crippen LogP contribution in [0, 0.1) is 23.7 Å². The molecule has 0 heterocycles. The third-order valence-corrected chi connectivity index (χ3v) is 5.78. The molecular formula is C21H36O. The molecule has 0 radical (unpaired) electrons. The van der Waals surface area contributed by atoms with E-state index in [-0.39, 0.29) is 0 Å². The Hall–Kier alpha value is -0.720. The van der Waals surface area contributed by atoms with Crippen LogP contribution in [0.3, 0.4) is 0 Å². The predicted molar refractivity (Wildman–Crippen MR) is 95.7 cm³/mol. The maximum absolute atomic E-state index is 5.66. The largest absolute Gasteiger partial charge is 0.501 e. The SMILES string of the molecule is CC/C=C\OCC1CCC(C2CCC(/C=C/CC)CC2)CC1. The van der Waals surface area contributed by atoms with E-state index in [0.29, 0.717) is 0 Å². The molecule has 1 heteroatoms. The van der Waals surface area contributed by atoms with E-state index in [0.717, 1.165) is 36.7 Å². The van der Waals surface area contributed by atoms with Gasteiger partial charge in [-0.2, -0.15) is 0 Å². The number of hydrogen-bond acceptors (Lipinski definition) is 1. The molecule has 2 saturated carbocycles. The molecule has 126 valence electrons. The van der Waals surface area contributed by atoms with E-state index >= 15 is 0 Å². The Kier molecular flexibility index (Phi) is 8.12. The van der Waals surface area contributed by atoms with Crippen LogP contribution in [0.25, 0.3) is 0 Å². The van der Waals surface area contributed by atoms with Gasteiger partial charge in [-0.1, -0.05) is 32.1 Å². The van der Waals surface area contributed by atoms with Gasteiger partial charge in [-0.05, 0) is 87.9 Å². The van der Waals surface area contributed by atoms with Crippen LogP contribution in [0.4, 0.5) is 0 Å². The Labute approximate surface area is 138 Å². The average Bonchev–Trinajstić information content (AvgIpc) is 2.58. The summed E-state index contributed by atoms with van der Waals surface area (Å²) in [5.41, 5.74) is 0. The number of ether oxygens (including phenoxy) is 1. The molecule has 0 amide bonds. The second kappa shape index (κ2) is 10.1. The second-order valence-electron chi connectivity index (χ2n) is 7.41. The van der Waals surface area contributed by atoms with Gasteiger partial charge in [0, 0.05) is 0 Å². The zero-order valence-corrected chi connectivity index (χ0v) is 14.8. The molecule has 0 aromatic rings. The van der Waals surface area contributed by atoms with Crippen molar-refractivity contribution in [2.24, 2.45) is 23.7 Å². The summed E-state index contributed by atoms with van der Waals surface area (Å²) in [4.78, 5) is 0. The van der Waals surface area contributed by atoms with Crippen LogP contribution in [0.1, 0.15) is 78.1 Å². The molecule has 2 aliphatic carbocycles. The first-order valence-corrected chi connectivity index (χ1v) is 9.76. The van der Waals surface area contributed by atoms with E-state index < -0.39 is 0 Å². The summed E-state index contributed by atoms with van der Waals surface area (Å²) in [5.74, 6) is 3.72. The first kappa shape index (κ1) is 17.6. The van der Waals surface area contributed by atoms with Gasteiger partial charge in [0.25, 0.3) is 0 Å². The summed E-state index contributed by atoms with van der Waals surface area (Å²) < 4.78 is 5.66. The molecule has 0 N–H and O–H groups in total. The lowest BCUT2D eigenvalue weighted by Crippen LogP contribution is -2.26. The van der Waals surface area contributed by atoms with E-state index in [4.69, 9.17) is 4.74 Å². The lowest BCUT2D eigenvalue weighted by Gasteiger charge is -2.37. The Bertz CT molecular complexity index is 328. The van der Waals surface area contributed by atoms with Gasteiger partial charge in [0.2, 0.25) is 0 Å². The molecule has 0 bridgehead atoms. The van der Waals surface area contributed by atoms with Crippen LogP contribution in [0.15, 0.2) is 24.5 Å². The predicted octanol–water partition coefficient (Wildman–Crippen LogP) is 6.51. The summed E-state index contributed by atoms with van der Waals surface area (Å²) >= 11 is 0. The van der Waals surface area contributed by atoms with E-state index in [1.54, 1.807) is 0 Å². The zero-order chi connectivity index (χ0) is 15.6. The third-order valence-electron chi connectivity index (χ3n) is 5.78. The van der Waals surface area contributed by atoms with E-state index in [1.807, 2.05) is 6.26 Å². The highest BCUT2D eigenvalue weighted by Gasteiger charge is 2.30. The van der Waals surface area contributed by atoms with Gasteiger partial charge < -0.3 is 4.74 Å². The molecule has 0 aliphatic heterocycles. The smallest absolute Gasteiger partial charge is 0.0901 e. The van der Waals surface area contributed by atoms with Crippen LogP contribution in [-0.2, 0) is 4.74 Å². The van der Waals surface area contributed by atoms with Crippen molar-refractivity contribution >= 4 is 0 Å². The van der Waals surface area contributed by atoms with Crippen molar-refractivity contribution in [1.29, 1.82) is 0 Å². The van der Waals surface area contributed by atoms with Gasteiger partial charge in [-0.15, -0.1) is 0 Å². The van der Waals surface area contributed by atoms with Crippen molar-refractivity contribution < 1.29 is 4.74 Å². The quantitative estimate of drug-likeness (QED) is 0.385. The number of hydrogen-bond donors (Lipinski definition) is 0. The average molecular weight is 305 g/mol. The molecule has 2 aliphatic rings. The molecule has 0 saturated heterocycles. The summed E-state index contributed by atoms with van der Waals surface area (Å²) in [6.45, 7) is 5.33. The van der Waals surface area contributed by atoms with Gasteiger partial charge in [-0.3, -0.25) is 0 Å². The lowest BCUT2D eigenvalue weighted by molar-refractivity contribution is 0.113. The monoisotopic (exact) mass is 304 g/mol. The topological polar surface area (TPSA) is 9.23 Å². The molecule has 1 nitrogen and oxygen atoms in total. The fraction of sp³-hybridized carbons (Fsp3) is 0.810. The van der Waals surface area contributed by atoms with Crippen molar-refractivity contribution in [2.75, 3.05) is 6.61 Å². The third kappa shape index (κ3) is 5.82. The van der Waals surface area contributed by atoms with Crippen LogP contribution in [0.5, 0.6) is 0 Å². The highest BCUT2D eigenvalue weighted by atomic mass is 16.5. The molecule has 22 heavy (non-hydrogen) atoms. The van der Waals surface area contributed by atoms with E-state index in [2.05, 4.69) is 32.1 Å². The summed E-state index contributed by atoms with van der Waals surface area (Å²) in [5, 5.41) is 0. The fourth-order valence-corrected chi connectivity index (χ4v) is 4.32. The maximum Gasteiger partial charge on any atom is 0.0901 e. The van der Waals surface area contributed by atoms with Crippen LogP contribution in [-0.4, -0.2) is 6.61 Å². The standard InChI is InChI=1S/C21H36O/c1-3-5-7-18-8-12-20(13-9-18)21-14-10-19(11-15-21)17-22-16-6-4-2/h5-7,16,18-21H,3-4,8-15,17H2,1-2H3/b7-5+,16-6-. The normalized spacial score (nSPS) is 33.5. The Morgan fingerprint density at radius 1 is 0.773 bits per heavy atom. The molecule has 0 unspecified atom stereocenters. The van der Waals surface area contributed by atoms with Gasteiger partial charge in [0.15, 0.2) is 0 Å². The van der Waals surface area contributed by atoms with Crippen LogP contribution >= 0.6 is 0 Å². The molecule has 0 atom stereocenters. The summed E-state index contributed by atoms with van der Waals surface area (Å²) in [7, 11) is 0. The summed E-state index contributed by atoms with van der Waals surface area (Å²) in [6.07, 6.45) is 22.6. The minimum absolute atomic E-state index is 0.807. The summed E-state index contributed by atoms with van der Waals surface area (Å²) in [6, 6.07) is 0. The Balaban J connectivity index is 1.63. The van der Waals surface area contributed by atoms with Crippen molar-refractivity contribution in [1.82, 2.24) is 0 Å². The minimum Gasteiger partial charge on any atom is -0.501 e. The van der Waals surface area contributed by atoms with E-state index in [1.165, 1.54) is 57.8 Å². The fourth-order valence-electron chi connectivity index (χ4n) is 4.32. The highest BCUT2D eigenvalue weighted by molar-refractivity contribution is 4.92. The molecule has 0 aromatic heterocycles. The van der Waals surface area contributed by atoms with Gasteiger partial charge in [0.1, 0.15) is 0 Å². The van der Waals surface area contributed by atoms with Crippen molar-refractivity contribution in [3.05, 3.63) is 24.5 Å². The van der Waals surface area contributed by atoms with Crippen molar-refractivity contribution in [3.63, 3.8) is 0 Å². The molecule has 2 rings (SSSR count). The minimum atomic E-state index is 0.807. The van der Waals surface area contributed by atoms with Crippen molar-refractivity contribution in [2.45, 2.75) is 78.1 Å². The van der Waals surface area contributed by atoms with Crippen LogP contribution < -0.4 is 0 Å². The van der Waals surface area contributed by atoms with Gasteiger partial charge >= 0.3 is 0 Å². The van der Waals surface area contributed by atoms with Crippen LogP contribution in [0.2, 0.25) is 0 Å². The van der Waals surface area contributed by atoms with E-state index in [9.17, 15) is 0 Å².